The van der Waals surface area contributed by atoms with Crippen molar-refractivity contribution in [1.82, 2.24) is 10.2 Å². The van der Waals surface area contributed by atoms with E-state index >= 15 is 0 Å². The lowest BCUT2D eigenvalue weighted by Gasteiger charge is -2.33. The van der Waals surface area contributed by atoms with Crippen LogP contribution in [-0.2, 0) is 9.53 Å². The van der Waals surface area contributed by atoms with Crippen LogP contribution in [0.4, 0.5) is 0 Å². The first-order chi connectivity index (χ1) is 11.0. The van der Waals surface area contributed by atoms with Gasteiger partial charge in [0.15, 0.2) is 0 Å². The second kappa shape index (κ2) is 10.0. The zero-order valence-corrected chi connectivity index (χ0v) is 15.6. The van der Waals surface area contributed by atoms with Gasteiger partial charge in [-0.15, -0.1) is 12.4 Å². The van der Waals surface area contributed by atoms with Crippen LogP contribution in [0.25, 0.3) is 0 Å². The van der Waals surface area contributed by atoms with E-state index in [9.17, 15) is 4.79 Å². The van der Waals surface area contributed by atoms with Gasteiger partial charge in [0.1, 0.15) is 11.5 Å². The number of morpholine rings is 1. The van der Waals surface area contributed by atoms with Crippen LogP contribution in [0.3, 0.4) is 0 Å². The minimum absolute atomic E-state index is 0. The zero-order chi connectivity index (χ0) is 16.8. The Bertz CT molecular complexity index is 503. The Kier molecular flexibility index (Phi) is 8.76. The summed E-state index contributed by atoms with van der Waals surface area (Å²) in [6, 6.07) is 3.48. The summed E-state index contributed by atoms with van der Waals surface area (Å²) in [5, 5.41) is 3.00. The molecule has 3 atom stereocenters. The van der Waals surface area contributed by atoms with Gasteiger partial charge in [-0.05, 0) is 25.0 Å². The number of rotatable bonds is 7. The Balaban J connectivity index is 0.00000288. The van der Waals surface area contributed by atoms with Gasteiger partial charge in [-0.2, -0.15) is 0 Å². The fourth-order valence-electron chi connectivity index (χ4n) is 2.76. The van der Waals surface area contributed by atoms with Crippen LogP contribution in [0, 0.1) is 12.8 Å². The number of furan rings is 1. The normalized spacial score (nSPS) is 19.2. The Labute approximate surface area is 150 Å². The molecule has 6 nitrogen and oxygen atoms in total. The molecule has 3 N–H and O–H groups in total. The molecule has 0 aliphatic carbocycles. The second-order valence-corrected chi connectivity index (χ2v) is 6.27. The van der Waals surface area contributed by atoms with Crippen molar-refractivity contribution in [2.45, 2.75) is 39.3 Å². The van der Waals surface area contributed by atoms with Gasteiger partial charge >= 0.3 is 0 Å². The van der Waals surface area contributed by atoms with Crippen LogP contribution in [0.2, 0.25) is 0 Å². The molecule has 7 heteroatoms. The van der Waals surface area contributed by atoms with Gasteiger partial charge < -0.3 is 20.2 Å². The third-order valence-corrected chi connectivity index (χ3v) is 4.61. The molecule has 1 saturated heterocycles. The van der Waals surface area contributed by atoms with Crippen LogP contribution in [0.15, 0.2) is 16.5 Å². The fourth-order valence-corrected chi connectivity index (χ4v) is 2.76. The number of aryl methyl sites for hydroxylation is 1. The molecule has 0 bridgehead atoms. The van der Waals surface area contributed by atoms with Crippen LogP contribution in [0.5, 0.6) is 0 Å². The van der Waals surface area contributed by atoms with E-state index in [1.54, 1.807) is 0 Å². The molecule has 2 rings (SSSR count). The number of halogens is 1. The van der Waals surface area contributed by atoms with Crippen molar-refractivity contribution in [3.8, 4) is 0 Å². The summed E-state index contributed by atoms with van der Waals surface area (Å²) < 4.78 is 11.2. The summed E-state index contributed by atoms with van der Waals surface area (Å²) in [7, 11) is 0. The third kappa shape index (κ3) is 5.48. The zero-order valence-electron chi connectivity index (χ0n) is 14.8. The summed E-state index contributed by atoms with van der Waals surface area (Å²) in [6.07, 6.45) is 0.888. The number of carbonyl (C=O) groups excluding carboxylic acids is 1. The molecule has 1 aromatic heterocycles. The molecule has 3 unspecified atom stereocenters. The van der Waals surface area contributed by atoms with Crippen LogP contribution >= 0.6 is 12.4 Å². The Hall–Kier alpha value is -1.08. The SMILES string of the molecule is CCC(C)C(N)C(=O)NCC(c1ccc(C)o1)N1CCOCC1.Cl. The lowest BCUT2D eigenvalue weighted by molar-refractivity contribution is -0.123. The van der Waals surface area contributed by atoms with Crippen molar-refractivity contribution in [3.05, 3.63) is 23.7 Å². The maximum absolute atomic E-state index is 12.3. The number of amides is 1. The van der Waals surface area contributed by atoms with E-state index in [0.717, 1.165) is 31.0 Å². The Morgan fingerprint density at radius 1 is 1.38 bits per heavy atom. The second-order valence-electron chi connectivity index (χ2n) is 6.27. The Morgan fingerprint density at radius 2 is 2.04 bits per heavy atom. The summed E-state index contributed by atoms with van der Waals surface area (Å²) in [4.78, 5) is 14.5. The van der Waals surface area contributed by atoms with Gasteiger partial charge in [-0.3, -0.25) is 9.69 Å². The van der Waals surface area contributed by atoms with Gasteiger partial charge in [-0.25, -0.2) is 0 Å². The summed E-state index contributed by atoms with van der Waals surface area (Å²) in [6.45, 7) is 9.54. The van der Waals surface area contributed by atoms with Gasteiger partial charge in [-0.1, -0.05) is 20.3 Å². The highest BCUT2D eigenvalue weighted by Gasteiger charge is 2.27. The predicted octanol–water partition coefficient (Wildman–Crippen LogP) is 1.87. The third-order valence-electron chi connectivity index (χ3n) is 4.61. The maximum Gasteiger partial charge on any atom is 0.237 e. The molecule has 0 aromatic carbocycles. The van der Waals surface area contributed by atoms with E-state index in [4.69, 9.17) is 14.9 Å². The summed E-state index contributed by atoms with van der Waals surface area (Å²) >= 11 is 0. The number of nitrogens with zero attached hydrogens (tertiary/aromatic N) is 1. The number of nitrogens with one attached hydrogen (secondary N) is 1. The van der Waals surface area contributed by atoms with Crippen LogP contribution < -0.4 is 11.1 Å². The first-order valence-electron chi connectivity index (χ1n) is 8.44. The first kappa shape index (κ1) is 21.0. The van der Waals surface area contributed by atoms with Crippen molar-refractivity contribution in [2.75, 3.05) is 32.8 Å². The minimum Gasteiger partial charge on any atom is -0.465 e. The van der Waals surface area contributed by atoms with Gasteiger partial charge in [0.2, 0.25) is 5.91 Å². The largest absolute Gasteiger partial charge is 0.465 e. The molecule has 1 aromatic rings. The molecule has 1 aliphatic rings. The molecule has 1 aliphatic heterocycles. The topological polar surface area (TPSA) is 80.7 Å². The minimum atomic E-state index is -0.469. The number of nitrogens with two attached hydrogens (primary N) is 1. The van der Waals surface area contributed by atoms with Crippen molar-refractivity contribution in [3.63, 3.8) is 0 Å². The quantitative estimate of drug-likeness (QED) is 0.776. The highest BCUT2D eigenvalue weighted by Crippen LogP contribution is 2.23. The molecule has 0 spiro atoms. The van der Waals surface area contributed by atoms with Crippen molar-refractivity contribution in [1.29, 1.82) is 0 Å². The van der Waals surface area contributed by atoms with Crippen LogP contribution in [-0.4, -0.2) is 49.7 Å². The summed E-state index contributed by atoms with van der Waals surface area (Å²) in [5.74, 6) is 1.83. The average Bonchev–Trinajstić information content (AvgIpc) is 3.00. The lowest BCUT2D eigenvalue weighted by atomic mass is 9.99. The van der Waals surface area contributed by atoms with Gasteiger partial charge in [0, 0.05) is 19.6 Å². The molecule has 0 saturated carbocycles. The van der Waals surface area contributed by atoms with E-state index in [-0.39, 0.29) is 30.3 Å². The summed E-state index contributed by atoms with van der Waals surface area (Å²) in [5.41, 5.74) is 6.01. The van der Waals surface area contributed by atoms with Crippen LogP contribution in [0.1, 0.15) is 37.8 Å². The molecule has 24 heavy (non-hydrogen) atoms. The predicted molar refractivity (Wildman–Crippen MR) is 96.3 cm³/mol. The monoisotopic (exact) mass is 359 g/mol. The van der Waals surface area contributed by atoms with E-state index in [1.165, 1.54) is 0 Å². The standard InChI is InChI=1S/C17H29N3O3.ClH/c1-4-12(2)16(18)17(21)19-11-14(15-6-5-13(3)23-15)20-7-9-22-10-8-20;/h5-6,12,14,16H,4,7-11,18H2,1-3H3,(H,19,21);1H. The van der Waals surface area contributed by atoms with E-state index in [2.05, 4.69) is 10.2 Å². The van der Waals surface area contributed by atoms with Crippen molar-refractivity contribution < 1.29 is 13.9 Å². The van der Waals surface area contributed by atoms with E-state index < -0.39 is 6.04 Å². The number of ether oxygens (including phenoxy) is 1. The highest BCUT2D eigenvalue weighted by molar-refractivity contribution is 5.85. The van der Waals surface area contributed by atoms with Crippen molar-refractivity contribution >= 4 is 18.3 Å². The smallest absolute Gasteiger partial charge is 0.237 e. The van der Waals surface area contributed by atoms with Gasteiger partial charge in [0.05, 0.1) is 25.3 Å². The lowest BCUT2D eigenvalue weighted by Crippen LogP contribution is -2.48. The molecule has 0 radical (unpaired) electrons. The number of hydrogen-bond donors (Lipinski definition) is 2. The average molecular weight is 360 g/mol. The molecule has 138 valence electrons. The molecule has 1 amide bonds. The Morgan fingerprint density at radius 3 is 2.58 bits per heavy atom. The van der Waals surface area contributed by atoms with E-state index in [0.29, 0.717) is 19.8 Å². The fraction of sp³-hybridized carbons (Fsp3) is 0.706. The molecular weight excluding hydrogens is 330 g/mol. The molecular formula is C17H30ClN3O3. The van der Waals surface area contributed by atoms with Gasteiger partial charge in [0.25, 0.3) is 0 Å². The van der Waals surface area contributed by atoms with E-state index in [1.807, 2.05) is 32.9 Å². The highest BCUT2D eigenvalue weighted by atomic mass is 35.5. The maximum atomic E-state index is 12.3. The first-order valence-corrected chi connectivity index (χ1v) is 8.44. The molecule has 2 heterocycles. The molecule has 1 fully saturated rings. The van der Waals surface area contributed by atoms with Crippen molar-refractivity contribution in [2.24, 2.45) is 11.7 Å². The number of hydrogen-bond acceptors (Lipinski definition) is 5. The number of carbonyl (C=O) groups is 1.